The number of carbonyl (C=O) groups excluding carboxylic acids is 3. The van der Waals surface area contributed by atoms with Gasteiger partial charge in [0.1, 0.15) is 6.04 Å². The molecule has 3 amide bonds. The number of thioether (sulfide) groups is 1. The van der Waals surface area contributed by atoms with Crippen LogP contribution in [0, 0.1) is 11.8 Å². The summed E-state index contributed by atoms with van der Waals surface area (Å²) in [6, 6.07) is 8.99. The summed E-state index contributed by atoms with van der Waals surface area (Å²) in [5.41, 5.74) is 1.00. The van der Waals surface area contributed by atoms with Gasteiger partial charge in [-0.3, -0.25) is 14.4 Å². The third kappa shape index (κ3) is 3.39. The second-order valence-corrected chi connectivity index (χ2v) is 10.3. The lowest BCUT2D eigenvalue weighted by Crippen LogP contribution is -2.55. The van der Waals surface area contributed by atoms with Gasteiger partial charge in [0, 0.05) is 24.4 Å². The summed E-state index contributed by atoms with van der Waals surface area (Å²) in [7, 11) is 0. The summed E-state index contributed by atoms with van der Waals surface area (Å²) >= 11 is 1.64. The van der Waals surface area contributed by atoms with Crippen LogP contribution in [0.2, 0.25) is 0 Å². The molecule has 4 rings (SSSR count). The number of rotatable bonds is 7. The lowest BCUT2D eigenvalue weighted by Gasteiger charge is -2.34. The minimum absolute atomic E-state index is 0.0420. The van der Waals surface area contributed by atoms with Crippen LogP contribution in [0.3, 0.4) is 0 Å². The van der Waals surface area contributed by atoms with Crippen molar-refractivity contribution >= 4 is 29.5 Å². The van der Waals surface area contributed by atoms with Gasteiger partial charge in [-0.25, -0.2) is 0 Å². The zero-order valence-electron chi connectivity index (χ0n) is 17.3. The zero-order valence-corrected chi connectivity index (χ0v) is 18.2. The molecule has 5 atom stereocenters. The van der Waals surface area contributed by atoms with E-state index in [4.69, 9.17) is 0 Å². The van der Waals surface area contributed by atoms with E-state index < -0.39 is 22.6 Å². The number of nitrogens with one attached hydrogen (secondary N) is 2. The SMILES string of the molecule is CC(C)NC(=O)C1N(CCO)C(=O)[C@@H]2[C@H](C(=O)NCc3ccccc3)[C@@H]3CCC12S3. The molecule has 3 saturated heterocycles. The van der Waals surface area contributed by atoms with Crippen LogP contribution in [0.1, 0.15) is 32.3 Å². The maximum Gasteiger partial charge on any atom is 0.244 e. The van der Waals surface area contributed by atoms with Crippen LogP contribution in [0.15, 0.2) is 30.3 Å². The second kappa shape index (κ2) is 8.23. The van der Waals surface area contributed by atoms with Gasteiger partial charge in [0.2, 0.25) is 17.7 Å². The summed E-state index contributed by atoms with van der Waals surface area (Å²) in [6.45, 7) is 4.09. The highest BCUT2D eigenvalue weighted by molar-refractivity contribution is 8.02. The highest BCUT2D eigenvalue weighted by Gasteiger charge is 2.73. The molecule has 1 spiro atoms. The highest BCUT2D eigenvalue weighted by Crippen LogP contribution is 2.66. The molecule has 162 valence electrons. The van der Waals surface area contributed by atoms with Crippen molar-refractivity contribution in [3.63, 3.8) is 0 Å². The van der Waals surface area contributed by atoms with E-state index in [-0.39, 0.29) is 42.2 Å². The maximum atomic E-state index is 13.4. The number of aliphatic hydroxyl groups is 1. The van der Waals surface area contributed by atoms with Gasteiger partial charge in [0.25, 0.3) is 0 Å². The fourth-order valence-corrected chi connectivity index (χ4v) is 7.59. The molecule has 3 N–H and O–H groups in total. The average molecular weight is 432 g/mol. The molecule has 0 aliphatic carbocycles. The van der Waals surface area contributed by atoms with Gasteiger partial charge in [-0.2, -0.15) is 0 Å². The molecule has 3 heterocycles. The summed E-state index contributed by atoms with van der Waals surface area (Å²) < 4.78 is -0.593. The van der Waals surface area contributed by atoms with Crippen LogP contribution in [-0.4, -0.2) is 63.0 Å². The Morgan fingerprint density at radius 3 is 2.67 bits per heavy atom. The van der Waals surface area contributed by atoms with Crippen molar-refractivity contribution in [3.05, 3.63) is 35.9 Å². The fraction of sp³-hybridized carbons (Fsp3) is 0.591. The molecule has 3 aliphatic rings. The zero-order chi connectivity index (χ0) is 21.5. The molecule has 7 nitrogen and oxygen atoms in total. The van der Waals surface area contributed by atoms with Gasteiger partial charge in [0.15, 0.2) is 0 Å². The van der Waals surface area contributed by atoms with E-state index in [1.54, 1.807) is 11.8 Å². The minimum atomic E-state index is -0.647. The number of carbonyl (C=O) groups is 3. The van der Waals surface area contributed by atoms with Crippen LogP contribution in [-0.2, 0) is 20.9 Å². The number of β-amino-alcohol motifs (C(OH)–C–C–N with tert-alkyl or cyclic N) is 1. The van der Waals surface area contributed by atoms with E-state index in [1.807, 2.05) is 44.2 Å². The number of amides is 3. The van der Waals surface area contributed by atoms with Crippen molar-refractivity contribution in [1.29, 1.82) is 0 Å². The van der Waals surface area contributed by atoms with E-state index in [0.717, 1.165) is 18.4 Å². The number of hydrogen-bond donors (Lipinski definition) is 3. The van der Waals surface area contributed by atoms with Gasteiger partial charge in [0.05, 0.1) is 23.2 Å². The molecule has 0 saturated carbocycles. The average Bonchev–Trinajstić information content (AvgIpc) is 3.34. The molecule has 1 aromatic rings. The smallest absolute Gasteiger partial charge is 0.244 e. The van der Waals surface area contributed by atoms with Gasteiger partial charge in [-0.1, -0.05) is 30.3 Å². The molecular weight excluding hydrogens is 402 g/mol. The van der Waals surface area contributed by atoms with Crippen LogP contribution >= 0.6 is 11.8 Å². The minimum Gasteiger partial charge on any atom is -0.395 e. The molecule has 0 aromatic heterocycles. The standard InChI is InChI=1S/C22H29N3O4S/c1-13(2)24-20(28)18-22-9-8-15(30-22)16(17(22)21(29)25(18)10-11-26)19(27)23-12-14-6-4-3-5-7-14/h3-7,13,15-18,26H,8-12H2,1-2H3,(H,23,27)(H,24,28)/t15-,16+,17-,18?,22?/m0/s1. The predicted molar refractivity (Wildman–Crippen MR) is 114 cm³/mol. The largest absolute Gasteiger partial charge is 0.395 e. The second-order valence-electron chi connectivity index (χ2n) is 8.68. The number of fused-ring (bicyclic) bond motifs is 1. The van der Waals surface area contributed by atoms with E-state index >= 15 is 0 Å². The van der Waals surface area contributed by atoms with E-state index in [0.29, 0.717) is 6.54 Å². The molecule has 3 fully saturated rings. The first-order chi connectivity index (χ1) is 14.4. The monoisotopic (exact) mass is 431 g/mol. The molecule has 2 unspecified atom stereocenters. The first kappa shape index (κ1) is 21.2. The molecule has 3 aliphatic heterocycles. The first-order valence-corrected chi connectivity index (χ1v) is 11.5. The number of hydrogen-bond acceptors (Lipinski definition) is 5. The van der Waals surface area contributed by atoms with Crippen molar-refractivity contribution in [2.24, 2.45) is 11.8 Å². The number of nitrogens with zero attached hydrogens (tertiary/aromatic N) is 1. The lowest BCUT2D eigenvalue weighted by atomic mass is 9.70. The Balaban J connectivity index is 1.59. The van der Waals surface area contributed by atoms with Crippen molar-refractivity contribution in [1.82, 2.24) is 15.5 Å². The summed E-state index contributed by atoms with van der Waals surface area (Å²) in [5.74, 6) is -1.45. The number of benzene rings is 1. The van der Waals surface area contributed by atoms with Crippen LogP contribution < -0.4 is 10.6 Å². The van der Waals surface area contributed by atoms with Gasteiger partial charge >= 0.3 is 0 Å². The molecular formula is C22H29N3O4S. The van der Waals surface area contributed by atoms with Gasteiger partial charge in [-0.05, 0) is 32.3 Å². The molecule has 0 radical (unpaired) electrons. The quantitative estimate of drug-likeness (QED) is 0.596. The Labute approximate surface area is 181 Å². The summed E-state index contributed by atoms with van der Waals surface area (Å²) in [4.78, 5) is 41.2. The molecule has 30 heavy (non-hydrogen) atoms. The van der Waals surface area contributed by atoms with Crippen molar-refractivity contribution in [3.8, 4) is 0 Å². The van der Waals surface area contributed by atoms with Gasteiger partial charge < -0.3 is 20.6 Å². The maximum absolute atomic E-state index is 13.4. The third-order valence-corrected chi connectivity index (χ3v) is 8.38. The Kier molecular flexibility index (Phi) is 5.81. The normalized spacial score (nSPS) is 31.9. The molecule has 2 bridgehead atoms. The topological polar surface area (TPSA) is 98.7 Å². The van der Waals surface area contributed by atoms with Crippen LogP contribution in [0.4, 0.5) is 0 Å². The fourth-order valence-electron chi connectivity index (χ4n) is 5.37. The Hall–Kier alpha value is -2.06. The predicted octanol–water partition coefficient (Wildman–Crippen LogP) is 0.911. The Bertz CT molecular complexity index is 833. The van der Waals surface area contributed by atoms with Crippen molar-refractivity contribution < 1.29 is 19.5 Å². The summed E-state index contributed by atoms with van der Waals surface area (Å²) in [5, 5.41) is 15.5. The lowest BCUT2D eigenvalue weighted by molar-refractivity contribution is -0.140. The number of likely N-dealkylation sites (tertiary alicyclic amines) is 1. The van der Waals surface area contributed by atoms with Crippen molar-refractivity contribution in [2.75, 3.05) is 13.2 Å². The van der Waals surface area contributed by atoms with Crippen LogP contribution in [0.5, 0.6) is 0 Å². The highest BCUT2D eigenvalue weighted by atomic mass is 32.2. The molecule has 1 aromatic carbocycles. The third-order valence-electron chi connectivity index (χ3n) is 6.43. The van der Waals surface area contributed by atoms with Crippen LogP contribution in [0.25, 0.3) is 0 Å². The summed E-state index contributed by atoms with van der Waals surface area (Å²) in [6.07, 6.45) is 1.55. The first-order valence-electron chi connectivity index (χ1n) is 10.6. The van der Waals surface area contributed by atoms with Crippen molar-refractivity contribution in [2.45, 2.75) is 55.3 Å². The van der Waals surface area contributed by atoms with E-state index in [1.165, 1.54) is 4.90 Å². The van der Waals surface area contributed by atoms with E-state index in [9.17, 15) is 19.5 Å². The Morgan fingerprint density at radius 2 is 2.00 bits per heavy atom. The van der Waals surface area contributed by atoms with Gasteiger partial charge in [-0.15, -0.1) is 11.8 Å². The molecule has 8 heteroatoms. The Morgan fingerprint density at radius 1 is 1.27 bits per heavy atom. The number of aliphatic hydroxyl groups excluding tert-OH is 1. The van der Waals surface area contributed by atoms with E-state index in [2.05, 4.69) is 10.6 Å².